The lowest BCUT2D eigenvalue weighted by atomic mass is 9.81. The van der Waals surface area contributed by atoms with Crippen molar-refractivity contribution in [1.82, 2.24) is 4.90 Å². The van der Waals surface area contributed by atoms with Crippen LogP contribution in [0.3, 0.4) is 0 Å². The van der Waals surface area contributed by atoms with Crippen LogP contribution in [-0.2, 0) is 11.2 Å². The monoisotopic (exact) mass is 324 g/mol. The maximum Gasteiger partial charge on any atom is 0.242 e. The van der Waals surface area contributed by atoms with E-state index in [1.54, 1.807) is 0 Å². The number of nitrogens with zero attached hydrogens (tertiary/aromatic N) is 1. The van der Waals surface area contributed by atoms with E-state index in [9.17, 15) is 4.79 Å². The van der Waals surface area contributed by atoms with Crippen molar-refractivity contribution in [2.75, 3.05) is 13.6 Å². The van der Waals surface area contributed by atoms with Crippen molar-refractivity contribution in [3.8, 4) is 0 Å². The van der Waals surface area contributed by atoms with Gasteiger partial charge in [0.25, 0.3) is 0 Å². The molecule has 1 aromatic carbocycles. The minimum absolute atomic E-state index is 0. The first kappa shape index (κ1) is 19.0. The first-order valence-electron chi connectivity index (χ1n) is 8.20. The Balaban J connectivity index is 0.00000242. The molecule has 1 fully saturated rings. The summed E-state index contributed by atoms with van der Waals surface area (Å²) < 4.78 is 0. The molecule has 2 rings (SSSR count). The molecular weight excluding hydrogens is 296 g/mol. The van der Waals surface area contributed by atoms with Gasteiger partial charge < -0.3 is 10.6 Å². The van der Waals surface area contributed by atoms with Gasteiger partial charge in [0.15, 0.2) is 0 Å². The predicted molar refractivity (Wildman–Crippen MR) is 94.3 cm³/mol. The fourth-order valence-electron chi connectivity index (χ4n) is 3.20. The number of amides is 1. The molecular formula is C18H29ClN2O. The smallest absolute Gasteiger partial charge is 0.242 e. The van der Waals surface area contributed by atoms with Crippen molar-refractivity contribution < 1.29 is 4.79 Å². The Labute approximate surface area is 140 Å². The van der Waals surface area contributed by atoms with Gasteiger partial charge in [0, 0.05) is 13.6 Å². The zero-order valence-corrected chi connectivity index (χ0v) is 14.4. The molecule has 2 N–H and O–H groups in total. The molecule has 0 aromatic heterocycles. The number of carbonyl (C=O) groups excluding carboxylic acids is 1. The minimum atomic E-state index is -0.591. The molecule has 1 aliphatic rings. The zero-order chi connectivity index (χ0) is 15.1. The quantitative estimate of drug-likeness (QED) is 0.813. The molecule has 1 saturated carbocycles. The molecule has 0 spiro atoms. The highest BCUT2D eigenvalue weighted by Gasteiger charge is 2.36. The van der Waals surface area contributed by atoms with Gasteiger partial charge in [-0.25, -0.2) is 0 Å². The maximum atomic E-state index is 12.5. The van der Waals surface area contributed by atoms with E-state index in [-0.39, 0.29) is 18.3 Å². The standard InChI is InChI=1S/C18H28N2O.ClH/c1-20(17(21)18(19)13-7-3-8-14-18)15-9-6-12-16-10-4-2-5-11-16;/h2,4-5,10-11H,3,6-9,12-15,19H2,1H3;1H. The molecule has 0 heterocycles. The topological polar surface area (TPSA) is 46.3 Å². The number of hydrogen-bond donors (Lipinski definition) is 1. The van der Waals surface area contributed by atoms with Gasteiger partial charge in [0.05, 0.1) is 5.54 Å². The lowest BCUT2D eigenvalue weighted by molar-refractivity contribution is -0.136. The third kappa shape index (κ3) is 5.29. The Kier molecular flexibility index (Phi) is 7.91. The predicted octanol–water partition coefficient (Wildman–Crippen LogP) is 3.55. The van der Waals surface area contributed by atoms with Crippen molar-refractivity contribution in [3.05, 3.63) is 35.9 Å². The summed E-state index contributed by atoms with van der Waals surface area (Å²) in [6, 6.07) is 10.5. The summed E-state index contributed by atoms with van der Waals surface area (Å²) in [5, 5.41) is 0. The Hall–Kier alpha value is -1.06. The van der Waals surface area contributed by atoms with Crippen LogP contribution in [0.1, 0.15) is 50.5 Å². The highest BCUT2D eigenvalue weighted by atomic mass is 35.5. The summed E-state index contributed by atoms with van der Waals surface area (Å²) >= 11 is 0. The van der Waals surface area contributed by atoms with E-state index in [2.05, 4.69) is 24.3 Å². The van der Waals surface area contributed by atoms with Crippen LogP contribution in [0, 0.1) is 0 Å². The number of carbonyl (C=O) groups is 1. The van der Waals surface area contributed by atoms with E-state index in [1.807, 2.05) is 18.0 Å². The normalized spacial score (nSPS) is 16.6. The third-order valence-electron chi connectivity index (χ3n) is 4.57. The second-order valence-electron chi connectivity index (χ2n) is 6.39. The number of benzene rings is 1. The van der Waals surface area contributed by atoms with Crippen molar-refractivity contribution in [1.29, 1.82) is 0 Å². The number of unbranched alkanes of at least 4 members (excludes halogenated alkanes) is 1. The number of aryl methyl sites for hydroxylation is 1. The number of likely N-dealkylation sites (N-methyl/N-ethyl adjacent to an activating group) is 1. The molecule has 124 valence electrons. The molecule has 4 heteroatoms. The van der Waals surface area contributed by atoms with Gasteiger partial charge in [0.1, 0.15) is 0 Å². The molecule has 1 aromatic rings. The van der Waals surface area contributed by atoms with E-state index < -0.39 is 5.54 Å². The van der Waals surface area contributed by atoms with Gasteiger partial charge >= 0.3 is 0 Å². The fourth-order valence-corrected chi connectivity index (χ4v) is 3.20. The Morgan fingerprint density at radius 3 is 2.41 bits per heavy atom. The molecule has 0 aliphatic heterocycles. The average molecular weight is 325 g/mol. The number of rotatable bonds is 6. The molecule has 22 heavy (non-hydrogen) atoms. The number of hydrogen-bond acceptors (Lipinski definition) is 2. The first-order chi connectivity index (χ1) is 10.1. The molecule has 3 nitrogen and oxygen atoms in total. The van der Waals surface area contributed by atoms with Crippen molar-refractivity contribution in [3.63, 3.8) is 0 Å². The minimum Gasteiger partial charge on any atom is -0.344 e. The van der Waals surface area contributed by atoms with Crippen LogP contribution >= 0.6 is 12.4 Å². The molecule has 0 bridgehead atoms. The van der Waals surface area contributed by atoms with Crippen molar-refractivity contribution in [2.24, 2.45) is 5.73 Å². The number of halogens is 1. The highest BCUT2D eigenvalue weighted by Crippen LogP contribution is 2.27. The van der Waals surface area contributed by atoms with Crippen LogP contribution in [0.2, 0.25) is 0 Å². The van der Waals surface area contributed by atoms with Crippen molar-refractivity contribution in [2.45, 2.75) is 56.9 Å². The van der Waals surface area contributed by atoms with Crippen molar-refractivity contribution >= 4 is 18.3 Å². The molecule has 1 amide bonds. The second kappa shape index (κ2) is 9.16. The molecule has 0 atom stereocenters. The van der Waals surface area contributed by atoms with Crippen LogP contribution in [-0.4, -0.2) is 29.9 Å². The largest absolute Gasteiger partial charge is 0.344 e. The Morgan fingerprint density at radius 2 is 1.77 bits per heavy atom. The molecule has 0 radical (unpaired) electrons. The number of nitrogens with two attached hydrogens (primary N) is 1. The third-order valence-corrected chi connectivity index (χ3v) is 4.57. The fraction of sp³-hybridized carbons (Fsp3) is 0.611. The summed E-state index contributed by atoms with van der Waals surface area (Å²) in [7, 11) is 1.90. The van der Waals surface area contributed by atoms with Gasteiger partial charge in [-0.2, -0.15) is 0 Å². The lowest BCUT2D eigenvalue weighted by Crippen LogP contribution is -2.55. The average Bonchev–Trinajstić information content (AvgIpc) is 2.52. The van der Waals surface area contributed by atoms with E-state index >= 15 is 0 Å². The van der Waals surface area contributed by atoms with E-state index in [4.69, 9.17) is 5.73 Å². The van der Waals surface area contributed by atoms with Crippen LogP contribution in [0.5, 0.6) is 0 Å². The van der Waals surface area contributed by atoms with Crippen LogP contribution in [0.15, 0.2) is 30.3 Å². The molecule has 1 aliphatic carbocycles. The maximum absolute atomic E-state index is 12.5. The van der Waals surface area contributed by atoms with E-state index in [0.717, 1.165) is 51.5 Å². The lowest BCUT2D eigenvalue weighted by Gasteiger charge is -2.35. The van der Waals surface area contributed by atoms with Crippen LogP contribution < -0.4 is 5.73 Å². The summed E-state index contributed by atoms with van der Waals surface area (Å²) in [4.78, 5) is 14.3. The van der Waals surface area contributed by atoms with Crippen LogP contribution in [0.4, 0.5) is 0 Å². The van der Waals surface area contributed by atoms with Gasteiger partial charge in [0.2, 0.25) is 5.91 Å². The Bertz CT molecular complexity index is 444. The van der Waals surface area contributed by atoms with E-state index in [0.29, 0.717) is 0 Å². The second-order valence-corrected chi connectivity index (χ2v) is 6.39. The van der Waals surface area contributed by atoms with Crippen LogP contribution in [0.25, 0.3) is 0 Å². The van der Waals surface area contributed by atoms with Gasteiger partial charge in [-0.15, -0.1) is 12.4 Å². The van der Waals surface area contributed by atoms with E-state index in [1.165, 1.54) is 12.0 Å². The van der Waals surface area contributed by atoms with Gasteiger partial charge in [-0.05, 0) is 37.7 Å². The van der Waals surface area contributed by atoms with Gasteiger partial charge in [-0.1, -0.05) is 49.6 Å². The Morgan fingerprint density at radius 1 is 1.14 bits per heavy atom. The SMILES string of the molecule is CN(CCCCc1ccccc1)C(=O)C1(N)CCCCC1.Cl. The summed E-state index contributed by atoms with van der Waals surface area (Å²) in [5.74, 6) is 0.141. The summed E-state index contributed by atoms with van der Waals surface area (Å²) in [6.07, 6.45) is 8.31. The molecule has 0 saturated heterocycles. The first-order valence-corrected chi connectivity index (χ1v) is 8.20. The highest BCUT2D eigenvalue weighted by molar-refractivity contribution is 5.86. The van der Waals surface area contributed by atoms with Gasteiger partial charge in [-0.3, -0.25) is 4.79 Å². The summed E-state index contributed by atoms with van der Waals surface area (Å²) in [5.41, 5.74) is 7.09. The molecule has 0 unspecified atom stereocenters. The zero-order valence-electron chi connectivity index (χ0n) is 13.6. The summed E-state index contributed by atoms with van der Waals surface area (Å²) in [6.45, 7) is 0.810.